The molecule has 7 nitrogen and oxygen atoms in total. The molecule has 0 radical (unpaired) electrons. The van der Waals surface area contributed by atoms with Crippen molar-refractivity contribution in [3.8, 4) is 5.75 Å². The van der Waals surface area contributed by atoms with Crippen LogP contribution in [0.4, 0.5) is 5.69 Å². The molecule has 0 aliphatic carbocycles. The zero-order valence-electron chi connectivity index (χ0n) is 18.9. The average Bonchev–Trinajstić information content (AvgIpc) is 3.10. The molecule has 32 heavy (non-hydrogen) atoms. The molecule has 0 saturated carbocycles. The summed E-state index contributed by atoms with van der Waals surface area (Å²) in [7, 11) is -0.680. The Hall–Kier alpha value is -2.58. The molecule has 1 saturated heterocycles. The first-order valence-corrected chi connectivity index (χ1v) is 12.6. The summed E-state index contributed by atoms with van der Waals surface area (Å²) in [6, 6.07) is 12.8. The SMILES string of the molecule is COc1ccc(S(=O)(=O)N(C)c2ccc(C(=O)NCCCN3CCCCCC3)cc2)cc1. The third-order valence-electron chi connectivity index (χ3n) is 5.85. The zero-order valence-corrected chi connectivity index (χ0v) is 19.7. The quantitative estimate of drug-likeness (QED) is 0.581. The second-order valence-electron chi connectivity index (χ2n) is 8.06. The van der Waals surface area contributed by atoms with Crippen molar-refractivity contribution in [3.63, 3.8) is 0 Å². The molecule has 0 spiro atoms. The largest absolute Gasteiger partial charge is 0.497 e. The van der Waals surface area contributed by atoms with Gasteiger partial charge in [-0.1, -0.05) is 12.8 Å². The van der Waals surface area contributed by atoms with E-state index in [1.165, 1.54) is 56.3 Å². The molecule has 2 aromatic rings. The highest BCUT2D eigenvalue weighted by molar-refractivity contribution is 7.92. The van der Waals surface area contributed by atoms with Gasteiger partial charge in [0, 0.05) is 19.2 Å². The van der Waals surface area contributed by atoms with Crippen LogP contribution in [0, 0.1) is 0 Å². The molecule has 0 bridgehead atoms. The summed E-state index contributed by atoms with van der Waals surface area (Å²) >= 11 is 0. The summed E-state index contributed by atoms with van der Waals surface area (Å²) in [5.74, 6) is 0.446. The van der Waals surface area contributed by atoms with Crippen LogP contribution < -0.4 is 14.4 Å². The van der Waals surface area contributed by atoms with Gasteiger partial charge in [0.05, 0.1) is 17.7 Å². The lowest BCUT2D eigenvalue weighted by atomic mass is 10.2. The van der Waals surface area contributed by atoms with Gasteiger partial charge in [-0.25, -0.2) is 8.42 Å². The number of carbonyl (C=O) groups is 1. The zero-order chi connectivity index (χ0) is 23.0. The number of nitrogens with zero attached hydrogens (tertiary/aromatic N) is 2. The molecule has 1 amide bonds. The topological polar surface area (TPSA) is 79.0 Å². The van der Waals surface area contributed by atoms with Crippen LogP contribution in [0.3, 0.4) is 0 Å². The van der Waals surface area contributed by atoms with E-state index in [0.717, 1.165) is 26.1 Å². The van der Waals surface area contributed by atoms with Gasteiger partial charge in [-0.2, -0.15) is 0 Å². The van der Waals surface area contributed by atoms with Gasteiger partial charge < -0.3 is 15.0 Å². The molecule has 0 aromatic heterocycles. The number of methoxy groups -OCH3 is 1. The van der Waals surface area contributed by atoms with Crippen LogP contribution in [0.5, 0.6) is 5.75 Å². The Morgan fingerprint density at radius 2 is 1.62 bits per heavy atom. The minimum Gasteiger partial charge on any atom is -0.497 e. The third-order valence-corrected chi connectivity index (χ3v) is 7.65. The van der Waals surface area contributed by atoms with Gasteiger partial charge in [0.1, 0.15) is 5.75 Å². The van der Waals surface area contributed by atoms with E-state index in [4.69, 9.17) is 4.74 Å². The molecule has 1 fully saturated rings. The molecule has 8 heteroatoms. The van der Waals surface area contributed by atoms with Gasteiger partial charge in [-0.3, -0.25) is 9.10 Å². The Morgan fingerprint density at radius 1 is 1.00 bits per heavy atom. The fraction of sp³-hybridized carbons (Fsp3) is 0.458. The predicted octanol–water partition coefficient (Wildman–Crippen LogP) is 3.52. The first-order valence-electron chi connectivity index (χ1n) is 11.2. The number of sulfonamides is 1. The van der Waals surface area contributed by atoms with E-state index in [2.05, 4.69) is 10.2 Å². The molecule has 2 aromatic carbocycles. The highest BCUT2D eigenvalue weighted by atomic mass is 32.2. The molecular formula is C24H33N3O4S. The molecule has 1 aliphatic heterocycles. The van der Waals surface area contributed by atoms with Gasteiger partial charge >= 0.3 is 0 Å². The van der Waals surface area contributed by atoms with Gasteiger partial charge in [0.15, 0.2) is 0 Å². The van der Waals surface area contributed by atoms with Crippen LogP contribution in [0.15, 0.2) is 53.4 Å². The maximum atomic E-state index is 12.9. The number of amides is 1. The summed E-state index contributed by atoms with van der Waals surface area (Å²) in [5, 5.41) is 2.96. The fourth-order valence-corrected chi connectivity index (χ4v) is 5.03. The number of hydrogen-bond acceptors (Lipinski definition) is 5. The minimum atomic E-state index is -3.71. The molecule has 174 valence electrons. The Labute approximate surface area is 191 Å². The number of nitrogens with one attached hydrogen (secondary N) is 1. The number of hydrogen-bond donors (Lipinski definition) is 1. The van der Waals surface area contributed by atoms with E-state index in [-0.39, 0.29) is 10.8 Å². The maximum absolute atomic E-state index is 12.9. The van der Waals surface area contributed by atoms with Crippen LogP contribution in [0.2, 0.25) is 0 Å². The number of benzene rings is 2. The van der Waals surface area contributed by atoms with Crippen molar-refractivity contribution in [1.29, 1.82) is 0 Å². The van der Waals surface area contributed by atoms with Crippen LogP contribution >= 0.6 is 0 Å². The Kier molecular flexibility index (Phi) is 8.53. The normalized spacial score (nSPS) is 15.1. The van der Waals surface area contributed by atoms with Crippen LogP contribution in [0.25, 0.3) is 0 Å². The van der Waals surface area contributed by atoms with Crippen LogP contribution in [0.1, 0.15) is 42.5 Å². The molecule has 3 rings (SSSR count). The van der Waals surface area contributed by atoms with Gasteiger partial charge in [-0.15, -0.1) is 0 Å². The summed E-state index contributed by atoms with van der Waals surface area (Å²) in [4.78, 5) is 15.1. The number of carbonyl (C=O) groups excluding carboxylic acids is 1. The second-order valence-corrected chi connectivity index (χ2v) is 10.0. The lowest BCUT2D eigenvalue weighted by molar-refractivity contribution is 0.0951. The number of anilines is 1. The van der Waals surface area contributed by atoms with Crippen molar-refractivity contribution in [2.75, 3.05) is 44.6 Å². The van der Waals surface area contributed by atoms with Crippen LogP contribution in [-0.4, -0.2) is 59.6 Å². The highest BCUT2D eigenvalue weighted by Crippen LogP contribution is 2.24. The maximum Gasteiger partial charge on any atom is 0.264 e. The van der Waals surface area contributed by atoms with Crippen LogP contribution in [-0.2, 0) is 10.0 Å². The van der Waals surface area contributed by atoms with Gasteiger partial charge in [-0.05, 0) is 87.4 Å². The molecule has 1 aliphatic rings. The first-order chi connectivity index (χ1) is 15.4. The number of likely N-dealkylation sites (tertiary alicyclic amines) is 1. The van der Waals surface area contributed by atoms with E-state index < -0.39 is 10.0 Å². The molecular weight excluding hydrogens is 426 g/mol. The summed E-state index contributed by atoms with van der Waals surface area (Å²) in [6.07, 6.45) is 6.09. The van der Waals surface area contributed by atoms with Crippen molar-refractivity contribution >= 4 is 21.6 Å². The van der Waals surface area contributed by atoms with E-state index in [1.54, 1.807) is 36.4 Å². The molecule has 1 N–H and O–H groups in total. The van der Waals surface area contributed by atoms with E-state index in [9.17, 15) is 13.2 Å². The minimum absolute atomic E-state index is 0.145. The van der Waals surface area contributed by atoms with Crippen molar-refractivity contribution in [3.05, 3.63) is 54.1 Å². The Morgan fingerprint density at radius 3 is 2.22 bits per heavy atom. The lowest BCUT2D eigenvalue weighted by Gasteiger charge is -2.20. The average molecular weight is 460 g/mol. The molecule has 0 unspecified atom stereocenters. The molecule has 1 heterocycles. The standard InChI is InChI=1S/C24H33N3O4S/c1-26(32(29,30)23-14-12-22(31-2)13-15-23)21-10-8-20(9-11-21)24(28)25-16-7-19-27-17-5-3-4-6-18-27/h8-15H,3-7,16-19H2,1-2H3,(H,25,28). The van der Waals surface area contributed by atoms with Crippen molar-refractivity contribution in [2.45, 2.75) is 37.0 Å². The second kappa shape index (κ2) is 11.3. The summed E-state index contributed by atoms with van der Waals surface area (Å²) < 4.78 is 32.0. The van der Waals surface area contributed by atoms with E-state index in [1.807, 2.05) is 0 Å². The number of rotatable bonds is 9. The highest BCUT2D eigenvalue weighted by Gasteiger charge is 2.21. The monoisotopic (exact) mass is 459 g/mol. The van der Waals surface area contributed by atoms with Gasteiger partial charge in [0.25, 0.3) is 15.9 Å². The van der Waals surface area contributed by atoms with Crippen molar-refractivity contribution in [2.24, 2.45) is 0 Å². The summed E-state index contributed by atoms with van der Waals surface area (Å²) in [6.45, 7) is 3.95. The van der Waals surface area contributed by atoms with Crippen molar-refractivity contribution < 1.29 is 17.9 Å². The predicted molar refractivity (Wildman–Crippen MR) is 127 cm³/mol. The van der Waals surface area contributed by atoms with E-state index in [0.29, 0.717) is 23.5 Å². The van der Waals surface area contributed by atoms with Crippen molar-refractivity contribution in [1.82, 2.24) is 10.2 Å². The third kappa shape index (κ3) is 6.23. The molecule has 0 atom stereocenters. The fourth-order valence-electron chi connectivity index (χ4n) is 3.83. The van der Waals surface area contributed by atoms with E-state index >= 15 is 0 Å². The lowest BCUT2D eigenvalue weighted by Crippen LogP contribution is -2.30. The van der Waals surface area contributed by atoms with Gasteiger partial charge in [0.2, 0.25) is 0 Å². The Balaban J connectivity index is 1.53. The first kappa shape index (κ1) is 24.1. The smallest absolute Gasteiger partial charge is 0.264 e. The number of ether oxygens (including phenoxy) is 1. The Bertz CT molecular complexity index is 967. The summed E-state index contributed by atoms with van der Waals surface area (Å²) in [5.41, 5.74) is 0.997.